The molecule has 0 radical (unpaired) electrons. The molecule has 1 aromatic heterocycles. The zero-order valence-electron chi connectivity index (χ0n) is 15.1. The lowest BCUT2D eigenvalue weighted by Gasteiger charge is -2.39. The number of thiazole rings is 1. The molecule has 154 valence electrons. The normalized spacial score (nSPS) is 21.6. The number of nitrogens with two attached hydrogens (primary N) is 1. The zero-order chi connectivity index (χ0) is 20.5. The highest BCUT2D eigenvalue weighted by atomic mass is 32.2. The number of alkyl halides is 3. The number of anilines is 1. The number of aromatic nitrogens is 1. The van der Waals surface area contributed by atoms with Crippen molar-refractivity contribution in [2.45, 2.75) is 29.3 Å². The molecule has 2 unspecified atom stereocenters. The van der Waals surface area contributed by atoms with E-state index in [9.17, 15) is 21.6 Å². The first-order valence-electron chi connectivity index (χ1n) is 8.65. The van der Waals surface area contributed by atoms with Crippen LogP contribution in [0.2, 0.25) is 0 Å². The van der Waals surface area contributed by atoms with Gasteiger partial charge in [0.25, 0.3) is 0 Å². The highest BCUT2D eigenvalue weighted by molar-refractivity contribution is 7.91. The van der Waals surface area contributed by atoms with E-state index in [0.29, 0.717) is 11.7 Å². The van der Waals surface area contributed by atoms with E-state index < -0.39 is 21.8 Å². The van der Waals surface area contributed by atoms with Gasteiger partial charge in [0.15, 0.2) is 9.34 Å². The van der Waals surface area contributed by atoms with Crippen LogP contribution < -0.4 is 10.5 Å². The van der Waals surface area contributed by atoms with Gasteiger partial charge >= 0.3 is 6.18 Å². The molecule has 0 spiro atoms. The van der Waals surface area contributed by atoms with Crippen LogP contribution in [0.5, 0.6) is 0 Å². The third kappa shape index (κ3) is 4.83. The van der Waals surface area contributed by atoms with Crippen molar-refractivity contribution in [3.63, 3.8) is 0 Å². The maximum atomic E-state index is 12.8. The third-order valence-corrected chi connectivity index (χ3v) is 7.23. The van der Waals surface area contributed by atoms with Gasteiger partial charge in [-0.25, -0.2) is 18.5 Å². The fourth-order valence-corrected chi connectivity index (χ4v) is 5.02. The second-order valence-corrected chi connectivity index (χ2v) is 9.68. The van der Waals surface area contributed by atoms with E-state index in [0.717, 1.165) is 48.4 Å². The highest BCUT2D eigenvalue weighted by Crippen LogP contribution is 2.37. The summed E-state index contributed by atoms with van der Waals surface area (Å²) in [6.07, 6.45) is -1.27. The second kappa shape index (κ2) is 7.97. The Hall–Kier alpha value is -1.69. The molecule has 28 heavy (non-hydrogen) atoms. The van der Waals surface area contributed by atoms with E-state index in [-0.39, 0.29) is 16.2 Å². The molecule has 1 aliphatic heterocycles. The van der Waals surface area contributed by atoms with Crippen LogP contribution in [0, 0.1) is 5.92 Å². The topological polar surface area (TPSA) is 88.3 Å². The summed E-state index contributed by atoms with van der Waals surface area (Å²) in [7, 11) is -1.83. The van der Waals surface area contributed by atoms with Crippen molar-refractivity contribution >= 4 is 26.5 Å². The molecule has 0 bridgehead atoms. The molecule has 0 amide bonds. The molecule has 1 aromatic carbocycles. The summed E-state index contributed by atoms with van der Waals surface area (Å²) in [5, 5.41) is 8.69. The summed E-state index contributed by atoms with van der Waals surface area (Å²) in [6, 6.07) is 5.25. The minimum Gasteiger partial charge on any atom is -0.361 e. The van der Waals surface area contributed by atoms with Crippen molar-refractivity contribution in [2.75, 3.05) is 25.5 Å². The molecule has 11 heteroatoms. The molecule has 0 saturated carbocycles. The van der Waals surface area contributed by atoms with Gasteiger partial charge in [-0.15, -0.1) is 0 Å². The quantitative estimate of drug-likeness (QED) is 0.754. The molecule has 1 saturated heterocycles. The average molecular weight is 435 g/mol. The molecule has 1 fully saturated rings. The van der Waals surface area contributed by atoms with Gasteiger partial charge in [0.2, 0.25) is 10.0 Å². The van der Waals surface area contributed by atoms with Gasteiger partial charge in [-0.3, -0.25) is 4.90 Å². The second-order valence-electron chi connectivity index (χ2n) is 6.86. The fourth-order valence-electron chi connectivity index (χ4n) is 3.56. The first-order valence-corrected chi connectivity index (χ1v) is 11.0. The van der Waals surface area contributed by atoms with Crippen molar-refractivity contribution in [1.29, 1.82) is 0 Å². The Morgan fingerprint density at radius 1 is 1.32 bits per heavy atom. The molecule has 1 aliphatic rings. The molecule has 3 N–H and O–H groups in total. The SMILES string of the molecule is CN1CCCC(CNc2ncc(S(N)(=O)=O)s2)C1c1ccc(C(F)(F)F)cc1. The molecule has 6 nitrogen and oxygen atoms in total. The summed E-state index contributed by atoms with van der Waals surface area (Å²) in [6.45, 7) is 1.38. The summed E-state index contributed by atoms with van der Waals surface area (Å²) >= 11 is 0.957. The molecule has 2 heterocycles. The Morgan fingerprint density at radius 3 is 2.57 bits per heavy atom. The van der Waals surface area contributed by atoms with Gasteiger partial charge in [0.1, 0.15) is 0 Å². The van der Waals surface area contributed by atoms with Crippen molar-refractivity contribution in [3.8, 4) is 0 Å². The number of sulfonamides is 1. The van der Waals surface area contributed by atoms with Gasteiger partial charge in [-0.05, 0) is 50.0 Å². The number of piperidine rings is 1. The number of halogens is 3. The van der Waals surface area contributed by atoms with Crippen LogP contribution in [0.1, 0.15) is 30.0 Å². The van der Waals surface area contributed by atoms with E-state index in [4.69, 9.17) is 5.14 Å². The Bertz CT molecular complexity index is 913. The number of rotatable bonds is 5. The lowest BCUT2D eigenvalue weighted by Crippen LogP contribution is -2.39. The molecular weight excluding hydrogens is 413 g/mol. The Labute approximate surface area is 165 Å². The Balaban J connectivity index is 1.74. The molecule has 2 aromatic rings. The van der Waals surface area contributed by atoms with Gasteiger partial charge in [-0.2, -0.15) is 13.2 Å². The first-order chi connectivity index (χ1) is 13.1. The predicted molar refractivity (Wildman–Crippen MR) is 102 cm³/mol. The van der Waals surface area contributed by atoms with Gasteiger partial charge in [-0.1, -0.05) is 23.5 Å². The van der Waals surface area contributed by atoms with E-state index >= 15 is 0 Å². The number of benzene rings is 1. The largest absolute Gasteiger partial charge is 0.416 e. The van der Waals surface area contributed by atoms with Gasteiger partial charge < -0.3 is 5.32 Å². The molecule has 0 aliphatic carbocycles. The number of primary sulfonamides is 1. The van der Waals surface area contributed by atoms with Crippen LogP contribution >= 0.6 is 11.3 Å². The molecule has 2 atom stereocenters. The molecule has 3 rings (SSSR count). The Morgan fingerprint density at radius 2 is 2.00 bits per heavy atom. The third-order valence-electron chi connectivity index (χ3n) is 4.87. The summed E-state index contributed by atoms with van der Waals surface area (Å²) in [5.41, 5.74) is 0.161. The Kier molecular flexibility index (Phi) is 5.99. The van der Waals surface area contributed by atoms with Crippen LogP contribution in [0.4, 0.5) is 18.3 Å². The monoisotopic (exact) mass is 434 g/mol. The van der Waals surface area contributed by atoms with Crippen molar-refractivity contribution in [2.24, 2.45) is 11.1 Å². The van der Waals surface area contributed by atoms with Crippen molar-refractivity contribution < 1.29 is 21.6 Å². The van der Waals surface area contributed by atoms with E-state index in [1.165, 1.54) is 18.3 Å². The van der Waals surface area contributed by atoms with Crippen LogP contribution in [-0.4, -0.2) is 38.4 Å². The summed E-state index contributed by atoms with van der Waals surface area (Å²) in [5.74, 6) is 0.136. The fraction of sp³-hybridized carbons (Fsp3) is 0.471. The van der Waals surface area contributed by atoms with Crippen molar-refractivity contribution in [3.05, 3.63) is 41.6 Å². The maximum absolute atomic E-state index is 12.8. The van der Waals surface area contributed by atoms with E-state index in [2.05, 4.69) is 15.2 Å². The lowest BCUT2D eigenvalue weighted by atomic mass is 9.84. The first kappa shape index (κ1) is 21.0. The zero-order valence-corrected chi connectivity index (χ0v) is 16.7. The number of nitrogens with one attached hydrogen (secondary N) is 1. The standard InChI is InChI=1S/C17H21F3N4O2S2/c1-24-8-2-3-12(9-22-16-23-10-14(27-16)28(21,25)26)15(24)11-4-6-13(7-5-11)17(18,19)20/h4-7,10,12,15H,2-3,8-9H2,1H3,(H,22,23)(H2,21,25,26). The number of nitrogens with zero attached hydrogens (tertiary/aromatic N) is 2. The minimum atomic E-state index is -4.36. The lowest BCUT2D eigenvalue weighted by molar-refractivity contribution is -0.137. The average Bonchev–Trinajstić information content (AvgIpc) is 3.09. The number of hydrogen-bond acceptors (Lipinski definition) is 6. The van der Waals surface area contributed by atoms with Crippen LogP contribution in [0.15, 0.2) is 34.7 Å². The van der Waals surface area contributed by atoms with E-state index in [1.807, 2.05) is 7.05 Å². The molecular formula is C17H21F3N4O2S2. The van der Waals surface area contributed by atoms with Crippen molar-refractivity contribution in [1.82, 2.24) is 9.88 Å². The summed E-state index contributed by atoms with van der Waals surface area (Å²) in [4.78, 5) is 6.17. The van der Waals surface area contributed by atoms with Crippen LogP contribution in [-0.2, 0) is 16.2 Å². The number of likely N-dealkylation sites (tertiary alicyclic amines) is 1. The van der Waals surface area contributed by atoms with Crippen LogP contribution in [0.3, 0.4) is 0 Å². The number of hydrogen-bond donors (Lipinski definition) is 2. The highest BCUT2D eigenvalue weighted by Gasteiger charge is 2.33. The van der Waals surface area contributed by atoms with Gasteiger partial charge in [0.05, 0.1) is 11.8 Å². The van der Waals surface area contributed by atoms with Gasteiger partial charge in [0, 0.05) is 12.6 Å². The summed E-state index contributed by atoms with van der Waals surface area (Å²) < 4.78 is 61.2. The minimum absolute atomic E-state index is 0.0185. The van der Waals surface area contributed by atoms with E-state index in [1.54, 1.807) is 0 Å². The predicted octanol–water partition coefficient (Wildman–Crippen LogP) is 3.30. The van der Waals surface area contributed by atoms with Crippen LogP contribution in [0.25, 0.3) is 0 Å². The smallest absolute Gasteiger partial charge is 0.361 e. The maximum Gasteiger partial charge on any atom is 0.416 e.